The van der Waals surface area contributed by atoms with Crippen molar-refractivity contribution >= 4 is 17.3 Å². The molecule has 1 aliphatic heterocycles. The third kappa shape index (κ3) is 3.04. The number of piperazine rings is 1. The molecule has 1 saturated heterocycles. The van der Waals surface area contributed by atoms with Gasteiger partial charge < -0.3 is 10.2 Å². The van der Waals surface area contributed by atoms with E-state index in [2.05, 4.69) is 42.1 Å². The van der Waals surface area contributed by atoms with Crippen LogP contribution in [0.25, 0.3) is 0 Å². The van der Waals surface area contributed by atoms with Gasteiger partial charge in [0, 0.05) is 48.0 Å². The minimum Gasteiger partial charge on any atom is -0.368 e. The molecule has 0 spiro atoms. The summed E-state index contributed by atoms with van der Waals surface area (Å²) in [5, 5.41) is 4.07. The SMILES string of the molecule is CNCc1c(Cl)cccc1N1CC(C)N(C)C(C)C1. The summed E-state index contributed by atoms with van der Waals surface area (Å²) in [6.45, 7) is 7.48. The van der Waals surface area contributed by atoms with Crippen LogP contribution in [0.2, 0.25) is 5.02 Å². The molecule has 0 saturated carbocycles. The molecule has 0 radical (unpaired) electrons. The lowest BCUT2D eigenvalue weighted by Gasteiger charge is -2.44. The van der Waals surface area contributed by atoms with Crippen LogP contribution in [-0.2, 0) is 6.54 Å². The highest BCUT2D eigenvalue weighted by Crippen LogP contribution is 2.30. The van der Waals surface area contributed by atoms with Crippen molar-refractivity contribution in [1.82, 2.24) is 10.2 Å². The predicted molar refractivity (Wildman–Crippen MR) is 83.1 cm³/mol. The van der Waals surface area contributed by atoms with Crippen LogP contribution >= 0.6 is 11.6 Å². The number of rotatable bonds is 3. The van der Waals surface area contributed by atoms with Gasteiger partial charge in [0.05, 0.1) is 0 Å². The molecule has 2 rings (SSSR count). The summed E-state index contributed by atoms with van der Waals surface area (Å²) in [7, 11) is 4.17. The van der Waals surface area contributed by atoms with E-state index in [0.29, 0.717) is 12.1 Å². The molecule has 1 aliphatic rings. The molecule has 1 heterocycles. The van der Waals surface area contributed by atoms with E-state index < -0.39 is 0 Å². The lowest BCUT2D eigenvalue weighted by molar-refractivity contribution is 0.170. The zero-order valence-electron chi connectivity index (χ0n) is 12.3. The average Bonchev–Trinajstić information content (AvgIpc) is 2.38. The zero-order chi connectivity index (χ0) is 14.0. The Balaban J connectivity index is 2.29. The van der Waals surface area contributed by atoms with Crippen molar-refractivity contribution in [3.63, 3.8) is 0 Å². The minimum atomic E-state index is 0.560. The van der Waals surface area contributed by atoms with Crippen molar-refractivity contribution in [3.8, 4) is 0 Å². The van der Waals surface area contributed by atoms with Gasteiger partial charge in [-0.25, -0.2) is 0 Å². The Bertz CT molecular complexity index is 423. The molecular formula is C15H24ClN3. The van der Waals surface area contributed by atoms with Crippen LogP contribution in [0, 0.1) is 0 Å². The summed E-state index contributed by atoms with van der Waals surface area (Å²) < 4.78 is 0. The summed E-state index contributed by atoms with van der Waals surface area (Å²) in [4.78, 5) is 4.91. The number of benzene rings is 1. The Labute approximate surface area is 121 Å². The molecule has 0 aromatic heterocycles. The van der Waals surface area contributed by atoms with Crippen LogP contribution in [0.4, 0.5) is 5.69 Å². The number of likely N-dealkylation sites (N-methyl/N-ethyl adjacent to an activating group) is 1. The summed E-state index contributed by atoms with van der Waals surface area (Å²) in [5.41, 5.74) is 2.48. The molecule has 3 nitrogen and oxygen atoms in total. The smallest absolute Gasteiger partial charge is 0.0471 e. The van der Waals surface area contributed by atoms with E-state index in [9.17, 15) is 0 Å². The van der Waals surface area contributed by atoms with Crippen LogP contribution < -0.4 is 10.2 Å². The number of hydrogen-bond donors (Lipinski definition) is 1. The van der Waals surface area contributed by atoms with Gasteiger partial charge in [0.25, 0.3) is 0 Å². The first-order valence-corrected chi connectivity index (χ1v) is 7.31. The fourth-order valence-corrected chi connectivity index (χ4v) is 3.03. The summed E-state index contributed by atoms with van der Waals surface area (Å²) in [5.74, 6) is 0. The molecule has 0 amide bonds. The average molecular weight is 282 g/mol. The van der Waals surface area contributed by atoms with Gasteiger partial charge in [0.2, 0.25) is 0 Å². The molecule has 0 bridgehead atoms. The van der Waals surface area contributed by atoms with Gasteiger partial charge in [-0.15, -0.1) is 0 Å². The minimum absolute atomic E-state index is 0.560. The van der Waals surface area contributed by atoms with Gasteiger partial charge in [0.15, 0.2) is 0 Å². The number of halogens is 1. The molecule has 1 aromatic carbocycles. The lowest BCUT2D eigenvalue weighted by atomic mass is 10.1. The van der Waals surface area contributed by atoms with Gasteiger partial charge in [-0.2, -0.15) is 0 Å². The van der Waals surface area contributed by atoms with E-state index in [1.54, 1.807) is 0 Å². The van der Waals surface area contributed by atoms with E-state index in [-0.39, 0.29) is 0 Å². The van der Waals surface area contributed by atoms with E-state index in [4.69, 9.17) is 11.6 Å². The van der Waals surface area contributed by atoms with Crippen molar-refractivity contribution in [3.05, 3.63) is 28.8 Å². The third-order valence-electron chi connectivity index (χ3n) is 4.15. The molecule has 1 fully saturated rings. The summed E-state index contributed by atoms with van der Waals surface area (Å²) in [6, 6.07) is 7.32. The lowest BCUT2D eigenvalue weighted by Crippen LogP contribution is -2.55. The fourth-order valence-electron chi connectivity index (χ4n) is 2.80. The molecule has 2 atom stereocenters. The second-order valence-electron chi connectivity index (χ2n) is 5.54. The topological polar surface area (TPSA) is 18.5 Å². The Morgan fingerprint density at radius 2 is 1.89 bits per heavy atom. The maximum Gasteiger partial charge on any atom is 0.0471 e. The quantitative estimate of drug-likeness (QED) is 0.919. The maximum absolute atomic E-state index is 6.35. The van der Waals surface area contributed by atoms with Crippen molar-refractivity contribution in [2.45, 2.75) is 32.5 Å². The van der Waals surface area contributed by atoms with Gasteiger partial charge in [-0.05, 0) is 40.1 Å². The molecule has 1 aromatic rings. The standard InChI is InChI=1S/C15H24ClN3/c1-11-9-19(10-12(2)18(11)4)15-7-5-6-14(16)13(15)8-17-3/h5-7,11-12,17H,8-10H2,1-4H3. The van der Waals surface area contributed by atoms with Crippen LogP contribution in [0.3, 0.4) is 0 Å². The van der Waals surface area contributed by atoms with Crippen molar-refractivity contribution in [1.29, 1.82) is 0 Å². The van der Waals surface area contributed by atoms with Gasteiger partial charge in [0.1, 0.15) is 0 Å². The van der Waals surface area contributed by atoms with Crippen molar-refractivity contribution < 1.29 is 0 Å². The molecule has 1 N–H and O–H groups in total. The molecule has 2 unspecified atom stereocenters. The largest absolute Gasteiger partial charge is 0.368 e. The highest BCUT2D eigenvalue weighted by molar-refractivity contribution is 6.31. The first-order chi connectivity index (χ1) is 9.04. The van der Waals surface area contributed by atoms with Crippen molar-refractivity contribution in [2.75, 3.05) is 32.1 Å². The van der Waals surface area contributed by atoms with E-state index in [1.165, 1.54) is 11.3 Å². The number of hydrogen-bond acceptors (Lipinski definition) is 3. The highest BCUT2D eigenvalue weighted by Gasteiger charge is 2.27. The number of nitrogens with zero attached hydrogens (tertiary/aromatic N) is 2. The fraction of sp³-hybridized carbons (Fsp3) is 0.600. The molecule has 106 valence electrons. The Kier molecular flexibility index (Phi) is 4.71. The molecule has 4 heteroatoms. The number of nitrogens with one attached hydrogen (secondary N) is 1. The van der Waals surface area contributed by atoms with E-state index in [0.717, 1.165) is 24.7 Å². The third-order valence-corrected chi connectivity index (χ3v) is 4.50. The van der Waals surface area contributed by atoms with Crippen LogP contribution in [0.1, 0.15) is 19.4 Å². The second kappa shape index (κ2) is 6.12. The number of anilines is 1. The second-order valence-corrected chi connectivity index (χ2v) is 5.94. The highest BCUT2D eigenvalue weighted by atomic mass is 35.5. The monoisotopic (exact) mass is 281 g/mol. The molecule has 19 heavy (non-hydrogen) atoms. The van der Waals surface area contributed by atoms with Crippen LogP contribution in [0.5, 0.6) is 0 Å². The van der Waals surface area contributed by atoms with Crippen LogP contribution in [0.15, 0.2) is 18.2 Å². The first-order valence-electron chi connectivity index (χ1n) is 6.93. The zero-order valence-corrected chi connectivity index (χ0v) is 13.0. The Morgan fingerprint density at radius 3 is 2.47 bits per heavy atom. The molecular weight excluding hydrogens is 258 g/mol. The van der Waals surface area contributed by atoms with Gasteiger partial charge >= 0.3 is 0 Å². The van der Waals surface area contributed by atoms with E-state index in [1.807, 2.05) is 19.2 Å². The Morgan fingerprint density at radius 1 is 1.26 bits per heavy atom. The Hall–Kier alpha value is -0.770. The molecule has 0 aliphatic carbocycles. The van der Waals surface area contributed by atoms with Crippen LogP contribution in [-0.4, -0.2) is 44.2 Å². The maximum atomic E-state index is 6.35. The van der Waals surface area contributed by atoms with Gasteiger partial charge in [-0.1, -0.05) is 17.7 Å². The normalized spacial score (nSPS) is 24.8. The predicted octanol–water partition coefficient (Wildman–Crippen LogP) is 2.59. The van der Waals surface area contributed by atoms with Gasteiger partial charge in [-0.3, -0.25) is 4.90 Å². The summed E-state index contributed by atoms with van der Waals surface area (Å²) in [6.07, 6.45) is 0. The van der Waals surface area contributed by atoms with E-state index >= 15 is 0 Å². The summed E-state index contributed by atoms with van der Waals surface area (Å²) >= 11 is 6.35. The first kappa shape index (κ1) is 14.6. The van der Waals surface area contributed by atoms with Crippen molar-refractivity contribution in [2.24, 2.45) is 0 Å².